The summed E-state index contributed by atoms with van der Waals surface area (Å²) in [6, 6.07) is 4.43. The van der Waals surface area contributed by atoms with Crippen molar-refractivity contribution in [2.45, 2.75) is 51.4 Å². The van der Waals surface area contributed by atoms with Gasteiger partial charge in [0.2, 0.25) is 0 Å². The topological polar surface area (TPSA) is 43.6 Å². The summed E-state index contributed by atoms with van der Waals surface area (Å²) >= 11 is 0. The van der Waals surface area contributed by atoms with Gasteiger partial charge in [-0.05, 0) is 44.4 Å². The number of hydrogen-bond acceptors (Lipinski definition) is 4. The van der Waals surface area contributed by atoms with Crippen LogP contribution in [0.4, 0.5) is 0 Å². The number of nitrogens with one attached hydrogen (secondary N) is 1. The third-order valence-electron chi connectivity index (χ3n) is 3.55. The SMILES string of the molecule is CCC1CC(NCCCOCc2ccco2)CCO1. The van der Waals surface area contributed by atoms with Crippen LogP contribution in [0, 0.1) is 0 Å². The van der Waals surface area contributed by atoms with Crippen molar-refractivity contribution in [1.82, 2.24) is 5.32 Å². The van der Waals surface area contributed by atoms with Gasteiger partial charge in [-0.1, -0.05) is 6.92 Å². The number of ether oxygens (including phenoxy) is 2. The van der Waals surface area contributed by atoms with E-state index in [9.17, 15) is 0 Å². The minimum atomic E-state index is 0.446. The van der Waals surface area contributed by atoms with Crippen molar-refractivity contribution in [2.24, 2.45) is 0 Å². The predicted octanol–water partition coefficient (Wildman–Crippen LogP) is 2.73. The second kappa shape index (κ2) is 8.35. The summed E-state index contributed by atoms with van der Waals surface area (Å²) < 4.78 is 16.4. The Balaban J connectivity index is 1.47. The molecular weight excluding hydrogens is 242 g/mol. The monoisotopic (exact) mass is 267 g/mol. The summed E-state index contributed by atoms with van der Waals surface area (Å²) in [5, 5.41) is 3.60. The Hall–Kier alpha value is -0.840. The molecule has 4 heteroatoms. The summed E-state index contributed by atoms with van der Waals surface area (Å²) in [4.78, 5) is 0. The first-order valence-electron chi connectivity index (χ1n) is 7.33. The van der Waals surface area contributed by atoms with Gasteiger partial charge < -0.3 is 19.2 Å². The lowest BCUT2D eigenvalue weighted by molar-refractivity contribution is -0.000422. The Bertz CT molecular complexity index is 326. The highest BCUT2D eigenvalue weighted by atomic mass is 16.5. The van der Waals surface area contributed by atoms with Crippen LogP contribution in [0.3, 0.4) is 0 Å². The molecule has 108 valence electrons. The number of furan rings is 1. The highest BCUT2D eigenvalue weighted by Crippen LogP contribution is 2.16. The van der Waals surface area contributed by atoms with Crippen LogP contribution in [0.2, 0.25) is 0 Å². The first kappa shape index (κ1) is 14.6. The summed E-state index contributed by atoms with van der Waals surface area (Å²) in [5.74, 6) is 0.892. The Morgan fingerprint density at radius 1 is 1.47 bits per heavy atom. The molecule has 1 aromatic heterocycles. The van der Waals surface area contributed by atoms with Crippen molar-refractivity contribution in [3.05, 3.63) is 24.2 Å². The minimum absolute atomic E-state index is 0.446. The van der Waals surface area contributed by atoms with E-state index in [1.807, 2.05) is 12.1 Å². The van der Waals surface area contributed by atoms with Gasteiger partial charge in [-0.2, -0.15) is 0 Å². The Morgan fingerprint density at radius 3 is 3.21 bits per heavy atom. The molecule has 0 saturated carbocycles. The fraction of sp³-hybridized carbons (Fsp3) is 0.733. The van der Waals surface area contributed by atoms with E-state index in [1.165, 1.54) is 0 Å². The largest absolute Gasteiger partial charge is 0.467 e. The smallest absolute Gasteiger partial charge is 0.129 e. The molecule has 1 saturated heterocycles. The first-order valence-corrected chi connectivity index (χ1v) is 7.33. The van der Waals surface area contributed by atoms with Gasteiger partial charge in [0.1, 0.15) is 12.4 Å². The average Bonchev–Trinajstić information content (AvgIpc) is 2.96. The average molecular weight is 267 g/mol. The Labute approximate surface area is 115 Å². The molecule has 0 radical (unpaired) electrons. The van der Waals surface area contributed by atoms with Gasteiger partial charge in [0.05, 0.1) is 12.4 Å². The van der Waals surface area contributed by atoms with E-state index >= 15 is 0 Å². The lowest BCUT2D eigenvalue weighted by Crippen LogP contribution is -2.39. The van der Waals surface area contributed by atoms with Crippen molar-refractivity contribution in [3.63, 3.8) is 0 Å². The molecule has 0 bridgehead atoms. The van der Waals surface area contributed by atoms with Crippen molar-refractivity contribution in [2.75, 3.05) is 19.8 Å². The highest BCUT2D eigenvalue weighted by molar-refractivity contribution is 4.95. The Morgan fingerprint density at radius 2 is 2.42 bits per heavy atom. The molecule has 2 unspecified atom stereocenters. The predicted molar refractivity (Wildman–Crippen MR) is 74.0 cm³/mol. The van der Waals surface area contributed by atoms with E-state index in [1.54, 1.807) is 6.26 Å². The van der Waals surface area contributed by atoms with E-state index in [4.69, 9.17) is 13.9 Å². The van der Waals surface area contributed by atoms with E-state index in [0.29, 0.717) is 18.8 Å². The fourth-order valence-electron chi connectivity index (χ4n) is 2.40. The molecule has 0 aliphatic carbocycles. The maximum absolute atomic E-state index is 5.67. The number of rotatable bonds is 8. The number of hydrogen-bond donors (Lipinski definition) is 1. The van der Waals surface area contributed by atoms with Crippen LogP contribution in [0.1, 0.15) is 38.4 Å². The van der Waals surface area contributed by atoms with E-state index in [0.717, 1.165) is 51.2 Å². The van der Waals surface area contributed by atoms with Gasteiger partial charge in [0.15, 0.2) is 0 Å². The summed E-state index contributed by atoms with van der Waals surface area (Å²) in [6.07, 6.45) is 6.55. The molecule has 1 N–H and O–H groups in total. The molecule has 2 heterocycles. The molecule has 2 rings (SSSR count). The van der Waals surface area contributed by atoms with Crippen LogP contribution in [-0.2, 0) is 16.1 Å². The van der Waals surface area contributed by atoms with Gasteiger partial charge >= 0.3 is 0 Å². The summed E-state index contributed by atoms with van der Waals surface area (Å²) in [5.41, 5.74) is 0. The lowest BCUT2D eigenvalue weighted by atomic mass is 10.0. The molecule has 4 nitrogen and oxygen atoms in total. The maximum Gasteiger partial charge on any atom is 0.129 e. The van der Waals surface area contributed by atoms with Gasteiger partial charge in [-0.3, -0.25) is 0 Å². The van der Waals surface area contributed by atoms with Crippen molar-refractivity contribution in [3.8, 4) is 0 Å². The first-order chi connectivity index (χ1) is 9.38. The van der Waals surface area contributed by atoms with E-state index in [-0.39, 0.29) is 0 Å². The third-order valence-corrected chi connectivity index (χ3v) is 3.55. The minimum Gasteiger partial charge on any atom is -0.467 e. The van der Waals surface area contributed by atoms with Crippen LogP contribution in [-0.4, -0.2) is 31.9 Å². The van der Waals surface area contributed by atoms with Crippen molar-refractivity contribution < 1.29 is 13.9 Å². The molecule has 1 aliphatic rings. The summed E-state index contributed by atoms with van der Waals surface area (Å²) in [6.45, 7) is 5.44. The van der Waals surface area contributed by atoms with E-state index < -0.39 is 0 Å². The molecule has 1 aromatic rings. The third kappa shape index (κ3) is 5.35. The second-order valence-corrected chi connectivity index (χ2v) is 5.06. The zero-order valence-electron chi connectivity index (χ0n) is 11.8. The molecule has 1 aliphatic heterocycles. The van der Waals surface area contributed by atoms with Crippen LogP contribution >= 0.6 is 0 Å². The van der Waals surface area contributed by atoms with Crippen LogP contribution in [0.5, 0.6) is 0 Å². The lowest BCUT2D eigenvalue weighted by Gasteiger charge is -2.29. The van der Waals surface area contributed by atoms with Crippen LogP contribution in [0.15, 0.2) is 22.8 Å². The van der Waals surface area contributed by atoms with E-state index in [2.05, 4.69) is 12.2 Å². The fourth-order valence-corrected chi connectivity index (χ4v) is 2.40. The molecule has 1 fully saturated rings. The zero-order chi connectivity index (χ0) is 13.3. The molecule has 0 amide bonds. The van der Waals surface area contributed by atoms with Crippen molar-refractivity contribution >= 4 is 0 Å². The molecule has 0 spiro atoms. The van der Waals surface area contributed by atoms with Crippen LogP contribution < -0.4 is 5.32 Å². The quantitative estimate of drug-likeness (QED) is 0.736. The maximum atomic E-state index is 5.67. The molecular formula is C15H25NO3. The van der Waals surface area contributed by atoms with Crippen LogP contribution in [0.25, 0.3) is 0 Å². The van der Waals surface area contributed by atoms with Gasteiger partial charge in [-0.25, -0.2) is 0 Å². The van der Waals surface area contributed by atoms with Gasteiger partial charge in [0.25, 0.3) is 0 Å². The van der Waals surface area contributed by atoms with Gasteiger partial charge in [0, 0.05) is 19.3 Å². The molecule has 2 atom stereocenters. The normalized spacial score (nSPS) is 23.6. The van der Waals surface area contributed by atoms with Crippen molar-refractivity contribution in [1.29, 1.82) is 0 Å². The molecule has 0 aromatic carbocycles. The highest BCUT2D eigenvalue weighted by Gasteiger charge is 2.20. The Kier molecular flexibility index (Phi) is 6.41. The second-order valence-electron chi connectivity index (χ2n) is 5.06. The standard InChI is InChI=1S/C15H25NO3/c1-2-14-11-13(6-10-19-14)16-7-4-8-17-12-15-5-3-9-18-15/h3,5,9,13-14,16H,2,4,6-8,10-12H2,1H3. The molecule has 19 heavy (non-hydrogen) atoms. The summed E-state index contributed by atoms with van der Waals surface area (Å²) in [7, 11) is 0. The van der Waals surface area contributed by atoms with Gasteiger partial charge in [-0.15, -0.1) is 0 Å². The zero-order valence-corrected chi connectivity index (χ0v) is 11.8.